The summed E-state index contributed by atoms with van der Waals surface area (Å²) < 4.78 is 0. The molecule has 0 aromatic rings. The molecule has 3 heteroatoms. The van der Waals surface area contributed by atoms with E-state index in [-0.39, 0.29) is 36.4 Å². The first-order valence-electron chi connectivity index (χ1n) is 0. The van der Waals surface area contributed by atoms with Crippen molar-refractivity contribution in [3.05, 3.63) is 7.43 Å². The molecular weight excluding hydrogens is 69.0 g/mol. The van der Waals surface area contributed by atoms with Gasteiger partial charge in [-0.2, -0.15) is 0 Å². The Labute approximate surface area is 37.2 Å². The molecule has 0 aliphatic heterocycles. The van der Waals surface area contributed by atoms with Crippen LogP contribution in [-0.4, -0.2) is 17.4 Å². The third-order valence-corrected chi connectivity index (χ3v) is 0. The minimum atomic E-state index is 0. The van der Waals surface area contributed by atoms with Gasteiger partial charge in [0.2, 0.25) is 0 Å². The Morgan fingerprint density at radius 2 is 1.00 bits per heavy atom. The van der Waals surface area contributed by atoms with Crippen LogP contribution < -0.4 is 6.15 Å². The van der Waals surface area contributed by atoms with Crippen molar-refractivity contribution in [1.29, 1.82) is 0 Å². The molecule has 0 unspecified atom stereocenters. The topological polar surface area (TPSA) is 59.0 Å². The summed E-state index contributed by atoms with van der Waals surface area (Å²) in [6.07, 6.45) is 0. The molecule has 0 aliphatic rings. The van der Waals surface area contributed by atoms with Crippen LogP contribution in [-0.2, 0) is 5.48 Å². The van der Waals surface area contributed by atoms with Gasteiger partial charge in [0.25, 0.3) is 0 Å². The Kier molecular flexibility index (Phi) is 6570. The molecule has 0 bridgehead atoms. The number of hydrogen-bond donors (Lipinski definition) is 0. The maximum atomic E-state index is 0. The van der Waals surface area contributed by atoms with Gasteiger partial charge in [-0.15, -0.1) is 0 Å². The zero-order valence-electron chi connectivity index (χ0n) is 1.93. The normalized spacial score (nSPS) is 0. The smallest absolute Gasteiger partial charge is 0 e. The van der Waals surface area contributed by atoms with Crippen molar-refractivity contribution in [2.75, 3.05) is 0 Å². The monoisotopic (exact) mass is 69.0 g/mol. The number of nitrogens with zero attached hydrogens (tertiary/aromatic N) is 1. The Bertz CT molecular complexity index is 8.00. The zero-order valence-corrected chi connectivity index (χ0v) is 3.09. The molecule has 0 rings (SSSR count). The van der Waals surface area contributed by atoms with E-state index in [0.29, 0.717) is 0 Å². The van der Waals surface area contributed by atoms with Crippen LogP contribution in [0.2, 0.25) is 0 Å². The minimum Gasteiger partial charge on any atom is 0 e. The van der Waals surface area contributed by atoms with Crippen LogP contribution in [0.25, 0.3) is 0 Å². The van der Waals surface area contributed by atoms with E-state index in [1.807, 2.05) is 0 Å². The average molecular weight is 69.0 g/mol. The van der Waals surface area contributed by atoms with Crippen molar-refractivity contribution in [2.45, 2.75) is 0 Å². The van der Waals surface area contributed by atoms with Gasteiger partial charge in [-0.1, -0.05) is 0 Å². The van der Waals surface area contributed by atoms with Crippen LogP contribution >= 0.6 is 0 Å². The van der Waals surface area contributed by atoms with Crippen molar-refractivity contribution in [3.63, 3.8) is 0 Å². The van der Waals surface area contributed by atoms with Gasteiger partial charge < -0.3 is 0 Å². The summed E-state index contributed by atoms with van der Waals surface area (Å²) in [5, 5.41) is 0. The summed E-state index contributed by atoms with van der Waals surface area (Å²) in [4.78, 5) is 0. The largest absolute Gasteiger partial charge is 0 e. The van der Waals surface area contributed by atoms with Crippen LogP contribution in [0.5, 0.6) is 0 Å². The lowest BCUT2D eigenvalue weighted by Gasteiger charge is -0.00100. The average Bonchev–Trinajstić information content (AvgIpc) is 0. The third kappa shape index (κ3) is 25.3. The summed E-state index contributed by atoms with van der Waals surface area (Å²) in [5.74, 6) is 0. The molecule has 18 valence electrons. The molecule has 0 aromatic carbocycles. The fraction of sp³-hybridized carbons (Fsp3) is 0. The summed E-state index contributed by atoms with van der Waals surface area (Å²) in [5.41, 5.74) is 0. The molecule has 4 heavy (non-hydrogen) atoms. The van der Waals surface area contributed by atoms with Gasteiger partial charge in [0.15, 0.2) is 0 Å². The lowest BCUT2D eigenvalue weighted by Crippen LogP contribution is -0.481. The molecule has 0 saturated heterocycles. The first-order chi connectivity index (χ1) is 0. The van der Waals surface area contributed by atoms with E-state index in [0.717, 1.165) is 0 Å². The predicted octanol–water partition coefficient (Wildman–Crippen LogP) is -0.899. The van der Waals surface area contributed by atoms with Gasteiger partial charge >= 0.3 is 0 Å². The Morgan fingerprint density at radius 1 is 1.00 bits per heavy atom. The molecule has 12 radical (unpaired) electrons. The maximum Gasteiger partial charge on any atom is 0 e. The maximum absolute atomic E-state index is 0. The highest BCUT2D eigenvalue weighted by Gasteiger charge is 0.00300. The highest BCUT2D eigenvalue weighted by atomic mass is 27.0. The van der Waals surface area contributed by atoms with Crippen LogP contribution in [0.1, 0.15) is 0 Å². The molecule has 0 N–H and O–H groups in total. The molecule has 0 aliphatic carbocycles. The highest BCUT2D eigenvalue weighted by molar-refractivity contribution is 5.75. The van der Waals surface area contributed by atoms with E-state index in [4.69, 9.17) is 0 Å². The molecular formula is CAlNO. The van der Waals surface area contributed by atoms with E-state index in [9.17, 15) is 0 Å². The van der Waals surface area contributed by atoms with Crippen molar-refractivity contribution in [1.82, 2.24) is 6.15 Å². The lowest BCUT2D eigenvalue weighted by molar-refractivity contribution is 0.686. The van der Waals surface area contributed by atoms with Crippen molar-refractivity contribution >= 4 is 17.4 Å². The van der Waals surface area contributed by atoms with E-state index >= 15 is 0 Å². The van der Waals surface area contributed by atoms with Gasteiger partial charge in [0.05, 0.1) is 0 Å². The molecule has 0 spiro atoms. The van der Waals surface area contributed by atoms with Crippen LogP contribution in [0.15, 0.2) is 0 Å². The molecule has 0 fully saturated rings. The molecule has 0 atom stereocenters. The summed E-state index contributed by atoms with van der Waals surface area (Å²) in [6.45, 7) is 0. The second-order valence-electron chi connectivity index (χ2n) is 0. The van der Waals surface area contributed by atoms with E-state index in [1.165, 1.54) is 0 Å². The molecule has 2 nitrogen and oxygen atoms in total. The zero-order chi connectivity index (χ0) is 0. The second kappa shape index (κ2) is 101. The fourth-order valence-corrected chi connectivity index (χ4v) is 0. The van der Waals surface area contributed by atoms with E-state index in [1.54, 1.807) is 0 Å². The SMILES string of the molecule is [Al].[C].[N].[O]. The van der Waals surface area contributed by atoms with Crippen molar-refractivity contribution in [2.24, 2.45) is 0 Å². The standard InChI is InChI=1S/C.Al.N.O. The van der Waals surface area contributed by atoms with Crippen molar-refractivity contribution < 1.29 is 5.48 Å². The number of hydrogen-bond acceptors (Lipinski definition) is 0. The van der Waals surface area contributed by atoms with E-state index < -0.39 is 0 Å². The van der Waals surface area contributed by atoms with Gasteiger partial charge in [-0.3, -0.25) is 0 Å². The number of rotatable bonds is 0. The Morgan fingerprint density at radius 3 is 1.00 bits per heavy atom. The summed E-state index contributed by atoms with van der Waals surface area (Å²) in [7, 11) is 0. The van der Waals surface area contributed by atoms with Crippen LogP contribution in [0.3, 0.4) is 0 Å². The quantitative estimate of drug-likeness (QED) is 0.331. The van der Waals surface area contributed by atoms with Gasteiger partial charge in [0.1, 0.15) is 0 Å². The highest BCUT2D eigenvalue weighted by Crippen LogP contribution is 0.0813. The first kappa shape index (κ1) is 259. The third-order valence-electron chi connectivity index (χ3n) is 0. The Balaban J connectivity index is 0. The first-order valence-corrected chi connectivity index (χ1v) is 0. The summed E-state index contributed by atoms with van der Waals surface area (Å²) >= 11 is 0. The van der Waals surface area contributed by atoms with Crippen molar-refractivity contribution in [3.8, 4) is 0 Å². The predicted molar refractivity (Wildman–Crippen MR) is 11.8 cm³/mol. The van der Waals surface area contributed by atoms with E-state index in [2.05, 4.69) is 0 Å². The molecule has 0 aromatic heterocycles. The molecule has 0 saturated carbocycles. The van der Waals surface area contributed by atoms with Gasteiger partial charge in [-0.25, -0.2) is 0 Å². The molecule has 0 heterocycles. The minimum absolute atomic E-state index is 0. The molecule has 0 amide bonds. The van der Waals surface area contributed by atoms with Gasteiger partial charge in [-0.05, 0) is 0 Å². The van der Waals surface area contributed by atoms with Crippen LogP contribution in [0, 0.1) is 7.43 Å². The van der Waals surface area contributed by atoms with Gasteiger partial charge in [0, 0.05) is 36.4 Å². The fourth-order valence-electron chi connectivity index (χ4n) is 0. The second-order valence-corrected chi connectivity index (χ2v) is 0. The lowest BCUT2D eigenvalue weighted by atomic mass is 12.0. The summed E-state index contributed by atoms with van der Waals surface area (Å²) in [6, 6.07) is 0. The van der Waals surface area contributed by atoms with Crippen LogP contribution in [0.4, 0.5) is 0 Å². The Hall–Kier alpha value is 0.452.